The Hall–Kier alpha value is -2.15. The number of hydrogen-bond acceptors (Lipinski definition) is 5. The summed E-state index contributed by atoms with van der Waals surface area (Å²) in [5.74, 6) is -0.545. The van der Waals surface area contributed by atoms with Gasteiger partial charge in [0.25, 0.3) is 0 Å². The van der Waals surface area contributed by atoms with Crippen LogP contribution >= 0.6 is 11.8 Å². The van der Waals surface area contributed by atoms with E-state index in [1.165, 1.54) is 11.8 Å². The minimum Gasteiger partial charge on any atom is -0.369 e. The molecule has 2 aromatic rings. The van der Waals surface area contributed by atoms with Crippen LogP contribution in [0.15, 0.2) is 29.3 Å². The van der Waals surface area contributed by atoms with Crippen molar-refractivity contribution in [3.8, 4) is 0 Å². The maximum absolute atomic E-state index is 12.8. The fourth-order valence-electron chi connectivity index (χ4n) is 3.07. The van der Waals surface area contributed by atoms with Crippen molar-refractivity contribution >= 4 is 34.6 Å². The maximum atomic E-state index is 12.8. The van der Waals surface area contributed by atoms with Gasteiger partial charge in [0.1, 0.15) is 5.03 Å². The van der Waals surface area contributed by atoms with Gasteiger partial charge in [0.15, 0.2) is 0 Å². The van der Waals surface area contributed by atoms with Gasteiger partial charge in [0, 0.05) is 13.1 Å². The van der Waals surface area contributed by atoms with Gasteiger partial charge in [-0.05, 0) is 38.8 Å². The predicted octanol–water partition coefficient (Wildman–Crippen LogP) is 2.14. The summed E-state index contributed by atoms with van der Waals surface area (Å²) in [6.45, 7) is 4.87. The summed E-state index contributed by atoms with van der Waals surface area (Å²) in [7, 11) is 0. The van der Waals surface area contributed by atoms with E-state index in [-0.39, 0.29) is 23.0 Å². The molecule has 25 heavy (non-hydrogen) atoms. The first-order chi connectivity index (χ1) is 12.0. The van der Waals surface area contributed by atoms with E-state index in [9.17, 15) is 9.59 Å². The van der Waals surface area contributed by atoms with E-state index in [2.05, 4.69) is 9.97 Å². The first kappa shape index (κ1) is 17.7. The molecule has 1 fully saturated rings. The van der Waals surface area contributed by atoms with E-state index in [4.69, 9.17) is 5.73 Å². The lowest BCUT2D eigenvalue weighted by Gasteiger charge is -2.32. The van der Waals surface area contributed by atoms with Crippen molar-refractivity contribution in [2.24, 2.45) is 11.7 Å². The zero-order chi connectivity index (χ0) is 18.0. The van der Waals surface area contributed by atoms with E-state index in [0.717, 1.165) is 34.6 Å². The zero-order valence-corrected chi connectivity index (χ0v) is 15.3. The van der Waals surface area contributed by atoms with Gasteiger partial charge in [-0.1, -0.05) is 23.9 Å². The Morgan fingerprint density at radius 2 is 1.96 bits per heavy atom. The molecule has 6 nitrogen and oxygen atoms in total. The molecule has 0 spiro atoms. The maximum Gasteiger partial charge on any atom is 0.235 e. The Balaban J connectivity index is 1.73. The Bertz CT molecular complexity index is 811. The van der Waals surface area contributed by atoms with Crippen LogP contribution in [0.2, 0.25) is 0 Å². The zero-order valence-electron chi connectivity index (χ0n) is 14.4. The van der Waals surface area contributed by atoms with Gasteiger partial charge in [-0.3, -0.25) is 9.59 Å². The molecule has 2 amide bonds. The minimum atomic E-state index is -0.325. The number of rotatable bonds is 4. The predicted molar refractivity (Wildman–Crippen MR) is 98.1 cm³/mol. The second-order valence-electron chi connectivity index (χ2n) is 6.39. The van der Waals surface area contributed by atoms with Crippen LogP contribution in [0, 0.1) is 12.8 Å². The average molecular weight is 358 g/mol. The van der Waals surface area contributed by atoms with Crippen molar-refractivity contribution in [3.05, 3.63) is 30.0 Å². The summed E-state index contributed by atoms with van der Waals surface area (Å²) < 4.78 is 0. The third-order valence-electron chi connectivity index (χ3n) is 4.47. The van der Waals surface area contributed by atoms with Crippen LogP contribution in [0.5, 0.6) is 0 Å². The first-order valence-electron chi connectivity index (χ1n) is 8.44. The number of primary amides is 1. The van der Waals surface area contributed by atoms with Crippen LogP contribution in [-0.2, 0) is 9.59 Å². The molecule has 1 aromatic heterocycles. The molecule has 2 N–H and O–H groups in total. The van der Waals surface area contributed by atoms with E-state index in [0.29, 0.717) is 13.1 Å². The topological polar surface area (TPSA) is 89.2 Å². The number of nitrogens with zero attached hydrogens (tertiary/aromatic N) is 3. The van der Waals surface area contributed by atoms with Crippen LogP contribution in [-0.4, -0.2) is 45.0 Å². The summed E-state index contributed by atoms with van der Waals surface area (Å²) in [6.07, 6.45) is 1.57. The molecule has 1 aromatic carbocycles. The number of likely N-dealkylation sites (tertiary alicyclic amines) is 1. The second kappa shape index (κ2) is 7.39. The van der Waals surface area contributed by atoms with Crippen LogP contribution in [0.1, 0.15) is 25.5 Å². The van der Waals surface area contributed by atoms with Crippen molar-refractivity contribution in [2.75, 3.05) is 13.1 Å². The molecule has 0 radical (unpaired) electrons. The van der Waals surface area contributed by atoms with E-state index >= 15 is 0 Å². The lowest BCUT2D eigenvalue weighted by Crippen LogP contribution is -2.46. The summed E-state index contributed by atoms with van der Waals surface area (Å²) in [4.78, 5) is 35.1. The van der Waals surface area contributed by atoms with E-state index in [1.807, 2.05) is 38.1 Å². The summed E-state index contributed by atoms with van der Waals surface area (Å²) in [6, 6.07) is 7.70. The molecule has 3 rings (SSSR count). The minimum absolute atomic E-state index is 0.0188. The van der Waals surface area contributed by atoms with Crippen molar-refractivity contribution in [1.29, 1.82) is 0 Å². The van der Waals surface area contributed by atoms with E-state index < -0.39 is 0 Å². The number of carbonyl (C=O) groups is 2. The van der Waals surface area contributed by atoms with Crippen molar-refractivity contribution in [1.82, 2.24) is 14.9 Å². The first-order valence-corrected chi connectivity index (χ1v) is 9.32. The molecule has 1 aliphatic heterocycles. The van der Waals surface area contributed by atoms with Gasteiger partial charge in [-0.15, -0.1) is 0 Å². The molecule has 2 atom stereocenters. The monoisotopic (exact) mass is 358 g/mol. The Labute approximate surface area is 151 Å². The Kier molecular flexibility index (Phi) is 5.22. The van der Waals surface area contributed by atoms with Gasteiger partial charge in [-0.25, -0.2) is 9.97 Å². The number of hydrogen-bond donors (Lipinski definition) is 1. The number of benzene rings is 1. The highest BCUT2D eigenvalue weighted by atomic mass is 32.2. The molecule has 0 saturated carbocycles. The highest BCUT2D eigenvalue weighted by molar-refractivity contribution is 8.00. The molecular weight excluding hydrogens is 336 g/mol. The van der Waals surface area contributed by atoms with Crippen LogP contribution in [0.4, 0.5) is 0 Å². The fourth-order valence-corrected chi connectivity index (χ4v) is 4.02. The highest BCUT2D eigenvalue weighted by Crippen LogP contribution is 2.28. The van der Waals surface area contributed by atoms with Gasteiger partial charge >= 0.3 is 0 Å². The third-order valence-corrected chi connectivity index (χ3v) is 5.64. The number of aromatic nitrogens is 2. The summed E-state index contributed by atoms with van der Waals surface area (Å²) in [5, 5.41) is 0.476. The lowest BCUT2D eigenvalue weighted by molar-refractivity contribution is -0.134. The molecule has 1 saturated heterocycles. The number of thioether (sulfide) groups is 1. The van der Waals surface area contributed by atoms with Crippen LogP contribution in [0.3, 0.4) is 0 Å². The molecule has 2 heterocycles. The van der Waals surface area contributed by atoms with Gasteiger partial charge in [0.05, 0.1) is 27.9 Å². The molecule has 0 aliphatic carbocycles. The van der Waals surface area contributed by atoms with Crippen molar-refractivity contribution < 1.29 is 9.59 Å². The van der Waals surface area contributed by atoms with Crippen molar-refractivity contribution in [3.63, 3.8) is 0 Å². The number of carbonyl (C=O) groups excluding carboxylic acids is 2. The Morgan fingerprint density at radius 3 is 2.64 bits per heavy atom. The highest BCUT2D eigenvalue weighted by Gasteiger charge is 2.30. The molecular formula is C18H22N4O2S. The molecule has 0 bridgehead atoms. The molecule has 1 aliphatic rings. The number of fused-ring (bicyclic) bond motifs is 1. The van der Waals surface area contributed by atoms with Crippen LogP contribution in [0.25, 0.3) is 11.0 Å². The number of nitrogens with two attached hydrogens (primary N) is 1. The van der Waals surface area contributed by atoms with E-state index in [1.54, 1.807) is 4.90 Å². The molecule has 7 heteroatoms. The third kappa shape index (κ3) is 3.92. The fraction of sp³-hybridized carbons (Fsp3) is 0.444. The normalized spacial score (nSPS) is 19.0. The van der Waals surface area contributed by atoms with Crippen LogP contribution < -0.4 is 5.73 Å². The Morgan fingerprint density at radius 1 is 1.28 bits per heavy atom. The second-order valence-corrected chi connectivity index (χ2v) is 7.72. The summed E-state index contributed by atoms with van der Waals surface area (Å²) >= 11 is 1.42. The standard InChI is InChI=1S/C18H22N4O2S/c1-11-17(21-15-8-4-3-7-14(15)20-11)25-12(2)18(24)22-9-5-6-13(10-22)16(19)23/h3-4,7-8,12-13H,5-6,9-10H2,1-2H3,(H2,19,23). The largest absolute Gasteiger partial charge is 0.369 e. The number of para-hydroxylation sites is 2. The van der Waals surface area contributed by atoms with Gasteiger partial charge < -0.3 is 10.6 Å². The smallest absolute Gasteiger partial charge is 0.235 e. The number of piperidine rings is 1. The lowest BCUT2D eigenvalue weighted by atomic mass is 9.97. The van der Waals surface area contributed by atoms with Gasteiger partial charge in [0.2, 0.25) is 11.8 Å². The summed E-state index contributed by atoms with van der Waals surface area (Å²) in [5.41, 5.74) is 7.89. The molecule has 2 unspecified atom stereocenters. The number of aryl methyl sites for hydroxylation is 1. The average Bonchev–Trinajstić information content (AvgIpc) is 2.61. The van der Waals surface area contributed by atoms with Crippen molar-refractivity contribution in [2.45, 2.75) is 37.0 Å². The molecule has 132 valence electrons. The SMILES string of the molecule is Cc1nc2ccccc2nc1SC(C)C(=O)N1CCCC(C(N)=O)C1. The quantitative estimate of drug-likeness (QED) is 0.846. The number of amides is 2. The van der Waals surface area contributed by atoms with Gasteiger partial charge in [-0.2, -0.15) is 0 Å².